The van der Waals surface area contributed by atoms with Gasteiger partial charge in [0.15, 0.2) is 5.41 Å². The number of halogens is 3. The van der Waals surface area contributed by atoms with Crippen LogP contribution in [-0.2, 0) is 5.41 Å². The molecule has 0 radical (unpaired) electrons. The largest absolute Gasteiger partial charge is 0.508 e. The van der Waals surface area contributed by atoms with Crippen molar-refractivity contribution in [1.29, 1.82) is 0 Å². The van der Waals surface area contributed by atoms with E-state index in [0.717, 1.165) is 0 Å². The van der Waals surface area contributed by atoms with Crippen LogP contribution in [0.15, 0.2) is 28.8 Å². The maximum atomic E-state index is 13.4. The number of aromatic nitrogens is 2. The number of nitrogens with one attached hydrogen (secondary N) is 1. The highest BCUT2D eigenvalue weighted by Gasteiger charge is 2.61. The van der Waals surface area contributed by atoms with Gasteiger partial charge in [0.2, 0.25) is 11.7 Å². The highest BCUT2D eigenvalue weighted by Crippen LogP contribution is 2.45. The van der Waals surface area contributed by atoms with Gasteiger partial charge < -0.3 is 14.9 Å². The molecule has 0 bridgehead atoms. The number of phenols is 1. The fourth-order valence-corrected chi connectivity index (χ4v) is 2.38. The lowest BCUT2D eigenvalue weighted by Gasteiger charge is -2.26. The third-order valence-electron chi connectivity index (χ3n) is 3.66. The number of nitrogens with zero attached hydrogens (tertiary/aromatic N) is 2. The van der Waals surface area contributed by atoms with E-state index in [0.29, 0.717) is 5.56 Å². The first-order valence-electron chi connectivity index (χ1n) is 6.33. The molecule has 5 nitrogen and oxygen atoms in total. The van der Waals surface area contributed by atoms with Crippen LogP contribution in [0.4, 0.5) is 13.2 Å². The highest BCUT2D eigenvalue weighted by atomic mass is 19.4. The van der Waals surface area contributed by atoms with Crippen LogP contribution in [0.2, 0.25) is 0 Å². The first kappa shape index (κ1) is 13.9. The first-order chi connectivity index (χ1) is 9.92. The molecule has 2 N–H and O–H groups in total. The van der Waals surface area contributed by atoms with Crippen LogP contribution in [-0.4, -0.2) is 34.5 Å². The third kappa shape index (κ3) is 2.25. The molecule has 8 heteroatoms. The van der Waals surface area contributed by atoms with Crippen LogP contribution >= 0.6 is 0 Å². The SMILES string of the molecule is Oc1ccc(-c2noc(C3(C(F)(F)F)CCNC3)n2)cc1. The van der Waals surface area contributed by atoms with Crippen molar-refractivity contribution in [3.05, 3.63) is 30.2 Å². The molecule has 112 valence electrons. The Bertz CT molecular complexity index is 631. The van der Waals surface area contributed by atoms with Crippen LogP contribution < -0.4 is 5.32 Å². The Kier molecular flexibility index (Phi) is 3.12. The number of phenolic OH excluding ortho intramolecular Hbond substituents is 1. The van der Waals surface area contributed by atoms with E-state index in [2.05, 4.69) is 15.5 Å². The lowest BCUT2D eigenvalue weighted by molar-refractivity contribution is -0.191. The topological polar surface area (TPSA) is 71.2 Å². The predicted octanol–water partition coefficient (Wildman–Crippen LogP) is 2.24. The molecule has 2 aromatic rings. The minimum absolute atomic E-state index is 0.0502. The number of rotatable bonds is 2. The van der Waals surface area contributed by atoms with E-state index < -0.39 is 17.5 Å². The average Bonchev–Trinajstić information content (AvgIpc) is 3.08. The van der Waals surface area contributed by atoms with Crippen LogP contribution in [0.5, 0.6) is 5.75 Å². The average molecular weight is 299 g/mol. The molecule has 0 aliphatic carbocycles. The standard InChI is InChI=1S/C13H12F3N3O2/c14-13(15,16)12(5-6-17-7-12)11-18-10(19-21-11)8-1-3-9(20)4-2-8/h1-4,17,20H,5-7H2. The van der Waals surface area contributed by atoms with Crippen molar-refractivity contribution in [3.63, 3.8) is 0 Å². The second-order valence-corrected chi connectivity index (χ2v) is 4.98. The van der Waals surface area contributed by atoms with Crippen LogP contribution in [0.25, 0.3) is 11.4 Å². The van der Waals surface area contributed by atoms with Crippen LogP contribution in [0, 0.1) is 0 Å². The molecular formula is C13H12F3N3O2. The van der Waals surface area contributed by atoms with Crippen LogP contribution in [0.3, 0.4) is 0 Å². The van der Waals surface area contributed by atoms with Gasteiger partial charge in [-0.25, -0.2) is 0 Å². The van der Waals surface area contributed by atoms with Crippen molar-refractivity contribution >= 4 is 0 Å². The Morgan fingerprint density at radius 1 is 1.24 bits per heavy atom. The molecule has 0 saturated carbocycles. The minimum atomic E-state index is -4.46. The molecular weight excluding hydrogens is 287 g/mol. The van der Waals surface area contributed by atoms with Gasteiger partial charge in [0.1, 0.15) is 5.75 Å². The molecule has 1 saturated heterocycles. The Morgan fingerprint density at radius 2 is 1.95 bits per heavy atom. The van der Waals surface area contributed by atoms with Gasteiger partial charge in [0, 0.05) is 12.1 Å². The van der Waals surface area contributed by atoms with E-state index in [1.807, 2.05) is 0 Å². The van der Waals surface area contributed by atoms with E-state index in [1.165, 1.54) is 24.3 Å². The van der Waals surface area contributed by atoms with Crippen molar-refractivity contribution in [2.45, 2.75) is 18.0 Å². The predicted molar refractivity (Wildman–Crippen MR) is 66.6 cm³/mol. The molecule has 21 heavy (non-hydrogen) atoms. The smallest absolute Gasteiger partial charge is 0.404 e. The lowest BCUT2D eigenvalue weighted by Crippen LogP contribution is -2.44. The normalized spacial score (nSPS) is 22.6. The molecule has 1 atom stereocenters. The zero-order valence-corrected chi connectivity index (χ0v) is 10.8. The summed E-state index contributed by atoms with van der Waals surface area (Å²) in [6, 6.07) is 5.83. The first-order valence-corrected chi connectivity index (χ1v) is 6.33. The lowest BCUT2D eigenvalue weighted by atomic mass is 9.86. The van der Waals surface area contributed by atoms with Gasteiger partial charge >= 0.3 is 6.18 Å². The van der Waals surface area contributed by atoms with E-state index in [1.54, 1.807) is 0 Å². The number of aromatic hydroxyl groups is 1. The molecule has 1 unspecified atom stereocenters. The molecule has 1 aromatic carbocycles. The second-order valence-electron chi connectivity index (χ2n) is 4.98. The molecule has 1 aliphatic heterocycles. The number of alkyl halides is 3. The number of hydrogen-bond acceptors (Lipinski definition) is 5. The molecule has 2 heterocycles. The quantitative estimate of drug-likeness (QED) is 0.890. The molecule has 1 aromatic heterocycles. The van der Waals surface area contributed by atoms with Gasteiger partial charge in [0.05, 0.1) is 0 Å². The zero-order chi connectivity index (χ0) is 15.1. The fourth-order valence-electron chi connectivity index (χ4n) is 2.38. The van der Waals surface area contributed by atoms with E-state index in [4.69, 9.17) is 4.52 Å². The van der Waals surface area contributed by atoms with Crippen molar-refractivity contribution in [3.8, 4) is 17.1 Å². The Morgan fingerprint density at radius 3 is 2.52 bits per heavy atom. The second kappa shape index (κ2) is 4.73. The Balaban J connectivity index is 1.99. The van der Waals surface area contributed by atoms with Gasteiger partial charge in [-0.3, -0.25) is 0 Å². The van der Waals surface area contributed by atoms with Gasteiger partial charge in [-0.15, -0.1) is 0 Å². The summed E-state index contributed by atoms with van der Waals surface area (Å²) in [5.74, 6) is -0.308. The van der Waals surface area contributed by atoms with Gasteiger partial charge in [0.25, 0.3) is 0 Å². The van der Waals surface area contributed by atoms with Gasteiger partial charge in [-0.2, -0.15) is 18.2 Å². The van der Waals surface area contributed by atoms with E-state index in [-0.39, 0.29) is 31.1 Å². The van der Waals surface area contributed by atoms with Gasteiger partial charge in [-0.05, 0) is 37.2 Å². The third-order valence-corrected chi connectivity index (χ3v) is 3.66. The molecule has 3 rings (SSSR count). The maximum absolute atomic E-state index is 13.4. The summed E-state index contributed by atoms with van der Waals surface area (Å²) >= 11 is 0. The summed E-state index contributed by atoms with van der Waals surface area (Å²) in [4.78, 5) is 3.91. The Hall–Kier alpha value is -2.09. The maximum Gasteiger partial charge on any atom is 0.404 e. The summed E-state index contributed by atoms with van der Waals surface area (Å²) in [6.45, 7) is -0.0237. The molecule has 0 spiro atoms. The van der Waals surface area contributed by atoms with Gasteiger partial charge in [-0.1, -0.05) is 5.16 Å². The number of hydrogen-bond donors (Lipinski definition) is 2. The molecule has 1 fully saturated rings. The summed E-state index contributed by atoms with van der Waals surface area (Å²) < 4.78 is 45.0. The molecule has 0 amide bonds. The number of benzene rings is 1. The monoisotopic (exact) mass is 299 g/mol. The van der Waals surface area contributed by atoms with Crippen molar-refractivity contribution in [2.75, 3.05) is 13.1 Å². The van der Waals surface area contributed by atoms with Crippen molar-refractivity contribution in [2.24, 2.45) is 0 Å². The van der Waals surface area contributed by atoms with E-state index >= 15 is 0 Å². The Labute approximate surface area is 117 Å². The zero-order valence-electron chi connectivity index (χ0n) is 10.8. The fraction of sp³-hybridized carbons (Fsp3) is 0.385. The summed E-state index contributed by atoms with van der Waals surface area (Å²) in [5.41, 5.74) is -1.65. The van der Waals surface area contributed by atoms with E-state index in [9.17, 15) is 18.3 Å². The van der Waals surface area contributed by atoms with Crippen molar-refractivity contribution in [1.82, 2.24) is 15.5 Å². The highest BCUT2D eigenvalue weighted by molar-refractivity contribution is 5.55. The summed E-state index contributed by atoms with van der Waals surface area (Å²) in [7, 11) is 0. The van der Waals surface area contributed by atoms with Crippen LogP contribution in [0.1, 0.15) is 12.3 Å². The summed E-state index contributed by atoms with van der Waals surface area (Å²) in [6.07, 6.45) is -4.59. The minimum Gasteiger partial charge on any atom is -0.508 e. The molecule has 1 aliphatic rings. The van der Waals surface area contributed by atoms with Crippen molar-refractivity contribution < 1.29 is 22.8 Å². The summed E-state index contributed by atoms with van der Waals surface area (Å²) in [5, 5.41) is 15.5.